The zero-order valence-corrected chi connectivity index (χ0v) is 15.8. The molecule has 1 heterocycles. The standard InChI is InChI=1S/C18H18BrN3O3/c1-11-4-6-13(7-5-11)21-16(23)9-22-12(2)17(19)15(10-25-3)14(8-20)18(22)24/h4-7H,9-10H2,1-3H3,(H,21,23). The van der Waals surface area contributed by atoms with Crippen LogP contribution in [-0.2, 0) is 22.7 Å². The number of nitriles is 1. The van der Waals surface area contributed by atoms with E-state index in [-0.39, 0.29) is 24.6 Å². The topological polar surface area (TPSA) is 84.1 Å². The SMILES string of the molecule is COCc1c(Br)c(C)n(CC(=O)Nc2ccc(C)cc2)c(=O)c1C#N. The van der Waals surface area contributed by atoms with Crippen molar-refractivity contribution in [3.63, 3.8) is 0 Å². The molecule has 1 aromatic heterocycles. The number of pyridine rings is 1. The second-order valence-corrected chi connectivity index (χ2v) is 6.40. The second-order valence-electron chi connectivity index (χ2n) is 5.60. The molecule has 1 N–H and O–H groups in total. The van der Waals surface area contributed by atoms with Gasteiger partial charge in [0.05, 0.1) is 6.61 Å². The van der Waals surface area contributed by atoms with Gasteiger partial charge in [-0.25, -0.2) is 0 Å². The maximum atomic E-state index is 12.6. The Morgan fingerprint density at radius 1 is 1.32 bits per heavy atom. The average Bonchev–Trinajstić information content (AvgIpc) is 2.59. The summed E-state index contributed by atoms with van der Waals surface area (Å²) >= 11 is 3.40. The number of carbonyl (C=O) groups excluding carboxylic acids is 1. The van der Waals surface area contributed by atoms with Crippen LogP contribution in [-0.4, -0.2) is 17.6 Å². The maximum Gasteiger partial charge on any atom is 0.269 e. The van der Waals surface area contributed by atoms with Gasteiger partial charge in [-0.2, -0.15) is 5.26 Å². The van der Waals surface area contributed by atoms with E-state index in [1.54, 1.807) is 19.1 Å². The van der Waals surface area contributed by atoms with E-state index in [2.05, 4.69) is 21.2 Å². The van der Waals surface area contributed by atoms with Crippen molar-refractivity contribution < 1.29 is 9.53 Å². The summed E-state index contributed by atoms with van der Waals surface area (Å²) in [5.41, 5.74) is 2.26. The van der Waals surface area contributed by atoms with Gasteiger partial charge in [0.25, 0.3) is 5.56 Å². The fraction of sp³-hybridized carbons (Fsp3) is 0.278. The summed E-state index contributed by atoms with van der Waals surface area (Å²) in [5, 5.41) is 12.1. The van der Waals surface area contributed by atoms with E-state index in [1.807, 2.05) is 25.1 Å². The van der Waals surface area contributed by atoms with E-state index >= 15 is 0 Å². The lowest BCUT2D eigenvalue weighted by Gasteiger charge is -2.16. The van der Waals surface area contributed by atoms with Crippen LogP contribution in [0.2, 0.25) is 0 Å². The number of carbonyl (C=O) groups is 1. The summed E-state index contributed by atoms with van der Waals surface area (Å²) in [5.74, 6) is -0.343. The van der Waals surface area contributed by atoms with Gasteiger partial charge in [0.15, 0.2) is 0 Å². The zero-order valence-electron chi connectivity index (χ0n) is 14.2. The Labute approximate surface area is 154 Å². The minimum Gasteiger partial charge on any atom is -0.380 e. The molecule has 2 rings (SSSR count). The van der Waals surface area contributed by atoms with Crippen molar-refractivity contribution in [1.29, 1.82) is 5.26 Å². The Balaban J connectivity index is 2.34. The first kappa shape index (κ1) is 18.9. The largest absolute Gasteiger partial charge is 0.380 e. The van der Waals surface area contributed by atoms with E-state index in [0.717, 1.165) is 5.56 Å². The van der Waals surface area contributed by atoms with E-state index in [4.69, 9.17) is 4.74 Å². The maximum absolute atomic E-state index is 12.6. The summed E-state index contributed by atoms with van der Waals surface area (Å²) in [4.78, 5) is 24.9. The molecule has 0 fully saturated rings. The number of benzene rings is 1. The summed E-state index contributed by atoms with van der Waals surface area (Å²) in [7, 11) is 1.49. The molecule has 0 aliphatic carbocycles. The van der Waals surface area contributed by atoms with Gasteiger partial charge in [-0.15, -0.1) is 0 Å². The average molecular weight is 404 g/mol. The van der Waals surface area contributed by atoms with Crippen molar-refractivity contribution in [2.45, 2.75) is 27.0 Å². The number of nitrogens with zero attached hydrogens (tertiary/aromatic N) is 2. The van der Waals surface area contributed by atoms with Crippen molar-refractivity contribution >= 4 is 27.5 Å². The van der Waals surface area contributed by atoms with Crippen molar-refractivity contribution in [2.75, 3.05) is 12.4 Å². The highest BCUT2D eigenvalue weighted by atomic mass is 79.9. The molecular formula is C18H18BrN3O3. The van der Waals surface area contributed by atoms with Gasteiger partial charge in [-0.05, 0) is 41.9 Å². The molecule has 130 valence electrons. The predicted octanol–water partition coefficient (Wildman–Crippen LogP) is 2.88. The molecule has 0 spiro atoms. The highest BCUT2D eigenvalue weighted by Gasteiger charge is 2.19. The lowest BCUT2D eigenvalue weighted by atomic mass is 10.1. The zero-order chi connectivity index (χ0) is 18.6. The Morgan fingerprint density at radius 2 is 1.96 bits per heavy atom. The predicted molar refractivity (Wildman–Crippen MR) is 98.4 cm³/mol. The second kappa shape index (κ2) is 8.10. The van der Waals surface area contributed by atoms with E-state index in [0.29, 0.717) is 21.4 Å². The molecule has 2 aromatic rings. The Morgan fingerprint density at radius 3 is 2.52 bits per heavy atom. The highest BCUT2D eigenvalue weighted by molar-refractivity contribution is 9.10. The van der Waals surface area contributed by atoms with Gasteiger partial charge in [-0.1, -0.05) is 17.7 Å². The summed E-state index contributed by atoms with van der Waals surface area (Å²) < 4.78 is 6.94. The summed E-state index contributed by atoms with van der Waals surface area (Å²) in [6, 6.07) is 9.27. The van der Waals surface area contributed by atoms with Crippen LogP contribution in [0.4, 0.5) is 5.69 Å². The molecule has 7 heteroatoms. The number of anilines is 1. The van der Waals surface area contributed by atoms with E-state index < -0.39 is 5.56 Å². The number of halogens is 1. The van der Waals surface area contributed by atoms with Crippen LogP contribution >= 0.6 is 15.9 Å². The third kappa shape index (κ3) is 4.16. The molecule has 6 nitrogen and oxygen atoms in total. The van der Waals surface area contributed by atoms with E-state index in [9.17, 15) is 14.9 Å². The quantitative estimate of drug-likeness (QED) is 0.831. The first-order valence-electron chi connectivity index (χ1n) is 7.56. The van der Waals surface area contributed by atoms with Crippen LogP contribution in [0.25, 0.3) is 0 Å². The van der Waals surface area contributed by atoms with Crippen molar-refractivity contribution in [3.8, 4) is 6.07 Å². The number of aryl methyl sites for hydroxylation is 1. The minimum atomic E-state index is -0.505. The van der Waals surface area contributed by atoms with Gasteiger partial charge in [0.1, 0.15) is 18.2 Å². The molecule has 0 saturated carbocycles. The molecular weight excluding hydrogens is 386 g/mol. The van der Waals surface area contributed by atoms with Crippen LogP contribution < -0.4 is 10.9 Å². The van der Waals surface area contributed by atoms with Gasteiger partial charge < -0.3 is 14.6 Å². The van der Waals surface area contributed by atoms with Gasteiger partial charge in [-0.3, -0.25) is 9.59 Å². The third-order valence-corrected chi connectivity index (χ3v) is 4.84. The van der Waals surface area contributed by atoms with Gasteiger partial charge >= 0.3 is 0 Å². The molecule has 0 aliphatic heterocycles. The highest BCUT2D eigenvalue weighted by Crippen LogP contribution is 2.23. The molecule has 0 aliphatic rings. The summed E-state index contributed by atoms with van der Waals surface area (Å²) in [6.45, 7) is 3.62. The molecule has 1 aromatic carbocycles. The van der Waals surface area contributed by atoms with Crippen LogP contribution in [0.5, 0.6) is 0 Å². The van der Waals surface area contributed by atoms with Crippen LogP contribution in [0, 0.1) is 25.2 Å². The fourth-order valence-corrected chi connectivity index (χ4v) is 2.96. The Hall–Kier alpha value is -2.43. The van der Waals surface area contributed by atoms with Gasteiger partial charge in [0.2, 0.25) is 5.91 Å². The Kier molecular flexibility index (Phi) is 6.12. The lowest BCUT2D eigenvalue weighted by Crippen LogP contribution is -2.32. The minimum absolute atomic E-state index is 0.0255. The Bertz CT molecular complexity index is 896. The molecule has 0 atom stereocenters. The third-order valence-electron chi connectivity index (χ3n) is 3.79. The number of hydrogen-bond acceptors (Lipinski definition) is 4. The molecule has 1 amide bonds. The molecule has 25 heavy (non-hydrogen) atoms. The first-order valence-corrected chi connectivity index (χ1v) is 8.35. The van der Waals surface area contributed by atoms with E-state index in [1.165, 1.54) is 11.7 Å². The number of hydrogen-bond donors (Lipinski definition) is 1. The van der Waals surface area contributed by atoms with Crippen molar-refractivity contribution in [3.05, 3.63) is 61.5 Å². The summed E-state index contributed by atoms with van der Waals surface area (Å²) in [6.07, 6.45) is 0. The molecule has 0 radical (unpaired) electrons. The molecule has 0 unspecified atom stereocenters. The number of ether oxygens (including phenoxy) is 1. The van der Waals surface area contributed by atoms with Crippen LogP contribution in [0.3, 0.4) is 0 Å². The number of rotatable bonds is 5. The number of methoxy groups -OCH3 is 1. The first-order chi connectivity index (χ1) is 11.9. The van der Waals surface area contributed by atoms with Crippen molar-refractivity contribution in [2.24, 2.45) is 0 Å². The molecule has 0 saturated heterocycles. The number of aromatic nitrogens is 1. The fourth-order valence-electron chi connectivity index (χ4n) is 2.43. The van der Waals surface area contributed by atoms with Crippen LogP contribution in [0.1, 0.15) is 22.4 Å². The monoisotopic (exact) mass is 403 g/mol. The lowest BCUT2D eigenvalue weighted by molar-refractivity contribution is -0.116. The molecule has 0 bridgehead atoms. The number of amides is 1. The normalized spacial score (nSPS) is 10.4. The van der Waals surface area contributed by atoms with Crippen molar-refractivity contribution in [1.82, 2.24) is 4.57 Å². The smallest absolute Gasteiger partial charge is 0.269 e. The number of nitrogens with one attached hydrogen (secondary N) is 1. The van der Waals surface area contributed by atoms with Crippen LogP contribution in [0.15, 0.2) is 33.5 Å². The van der Waals surface area contributed by atoms with Gasteiger partial charge in [0, 0.05) is 28.5 Å².